The zero-order chi connectivity index (χ0) is 19.9. The third kappa shape index (κ3) is 3.58. The molecule has 0 N–H and O–H groups in total. The minimum Gasteiger partial charge on any atom is -0.340 e. The molecule has 3 aliphatic rings. The minimum atomic E-state index is -3.45. The molecule has 1 aromatic heterocycles. The van der Waals surface area contributed by atoms with E-state index in [1.807, 2.05) is 4.57 Å². The molecule has 3 heterocycles. The lowest BCUT2D eigenvalue weighted by atomic mass is 10.0. The lowest BCUT2D eigenvalue weighted by Crippen LogP contribution is -2.60. The average Bonchev–Trinajstić information content (AvgIpc) is 3.33. The lowest BCUT2D eigenvalue weighted by molar-refractivity contribution is -0.138. The third-order valence-corrected chi connectivity index (χ3v) is 8.55. The second-order valence-electron chi connectivity index (χ2n) is 8.90. The summed E-state index contributed by atoms with van der Waals surface area (Å²) in [4.78, 5) is 14.3. The average molecular weight is 410 g/mol. The molecule has 0 aromatic carbocycles. The number of likely N-dealkylation sites (tertiary alicyclic amines) is 1. The smallest absolute Gasteiger partial charge is 0.225 e. The highest BCUT2D eigenvalue weighted by Crippen LogP contribution is 2.37. The van der Waals surface area contributed by atoms with Gasteiger partial charge in [-0.05, 0) is 31.6 Å². The van der Waals surface area contributed by atoms with Crippen LogP contribution >= 0.6 is 0 Å². The van der Waals surface area contributed by atoms with Gasteiger partial charge < -0.3 is 9.47 Å². The number of amides is 1. The Labute approximate surface area is 167 Å². The normalized spacial score (nSPS) is 25.0. The van der Waals surface area contributed by atoms with Gasteiger partial charge in [-0.25, -0.2) is 8.42 Å². The molecule has 9 heteroatoms. The van der Waals surface area contributed by atoms with Crippen LogP contribution in [0.2, 0.25) is 0 Å². The second kappa shape index (κ2) is 7.74. The fourth-order valence-electron chi connectivity index (χ4n) is 4.79. The summed E-state index contributed by atoms with van der Waals surface area (Å²) in [6.07, 6.45) is 7.42. The topological polar surface area (TPSA) is 88.4 Å². The van der Waals surface area contributed by atoms with Crippen molar-refractivity contribution < 1.29 is 13.2 Å². The molecule has 8 nitrogen and oxygen atoms in total. The van der Waals surface area contributed by atoms with Gasteiger partial charge in [0.15, 0.2) is 5.82 Å². The van der Waals surface area contributed by atoms with Crippen LogP contribution in [0, 0.1) is 11.8 Å². The number of hydrogen-bond donors (Lipinski definition) is 0. The van der Waals surface area contributed by atoms with Gasteiger partial charge >= 0.3 is 0 Å². The van der Waals surface area contributed by atoms with Crippen LogP contribution in [0.3, 0.4) is 0 Å². The summed E-state index contributed by atoms with van der Waals surface area (Å²) in [7, 11) is -3.45. The van der Waals surface area contributed by atoms with E-state index in [2.05, 4.69) is 24.0 Å². The molecule has 1 saturated carbocycles. The van der Waals surface area contributed by atoms with Crippen LogP contribution in [0.25, 0.3) is 0 Å². The molecule has 156 valence electrons. The number of carbonyl (C=O) groups excluding carboxylic acids is 1. The number of aromatic nitrogens is 3. The van der Waals surface area contributed by atoms with Crippen molar-refractivity contribution in [2.45, 2.75) is 70.2 Å². The maximum absolute atomic E-state index is 13.3. The van der Waals surface area contributed by atoms with E-state index in [0.717, 1.165) is 50.9 Å². The van der Waals surface area contributed by atoms with E-state index in [1.54, 1.807) is 15.5 Å². The van der Waals surface area contributed by atoms with E-state index in [1.165, 1.54) is 0 Å². The van der Waals surface area contributed by atoms with Gasteiger partial charge in [0, 0.05) is 32.1 Å². The maximum atomic E-state index is 13.3. The Bertz CT molecular complexity index is 809. The molecule has 1 atom stereocenters. The largest absolute Gasteiger partial charge is 0.340 e. The molecule has 1 aromatic rings. The molecule has 0 radical (unpaired) electrons. The van der Waals surface area contributed by atoms with Gasteiger partial charge in [0.05, 0.1) is 6.04 Å². The van der Waals surface area contributed by atoms with E-state index in [4.69, 9.17) is 0 Å². The standard InChI is InChI=1S/C19H31N5O3S/c1-14(2)10-23-13-20-21-18(23)17-8-5-9-24(17)28(26,27)16-11-22(12-16)19(25)15-6-3-4-7-15/h13-17H,3-12H2,1-2H3/t17-/m0/s1. The Morgan fingerprint density at radius 1 is 1.18 bits per heavy atom. The van der Waals surface area contributed by atoms with Crippen molar-refractivity contribution in [3.05, 3.63) is 12.2 Å². The van der Waals surface area contributed by atoms with Gasteiger partial charge in [-0.15, -0.1) is 10.2 Å². The van der Waals surface area contributed by atoms with Gasteiger partial charge in [0.2, 0.25) is 15.9 Å². The summed E-state index contributed by atoms with van der Waals surface area (Å²) in [6, 6.07) is -0.245. The molecule has 28 heavy (non-hydrogen) atoms. The highest BCUT2D eigenvalue weighted by atomic mass is 32.2. The minimum absolute atomic E-state index is 0.109. The highest BCUT2D eigenvalue weighted by Gasteiger charge is 2.48. The number of sulfonamides is 1. The quantitative estimate of drug-likeness (QED) is 0.715. The summed E-state index contributed by atoms with van der Waals surface area (Å²) in [6.45, 7) is 6.21. The molecule has 4 rings (SSSR count). The predicted octanol–water partition coefficient (Wildman–Crippen LogP) is 1.80. The molecular weight excluding hydrogens is 378 g/mol. The maximum Gasteiger partial charge on any atom is 0.225 e. The van der Waals surface area contributed by atoms with Gasteiger partial charge in [0.1, 0.15) is 11.6 Å². The fourth-order valence-corrected chi connectivity index (χ4v) is 6.85. The fraction of sp³-hybridized carbons (Fsp3) is 0.842. The van der Waals surface area contributed by atoms with E-state index in [0.29, 0.717) is 25.6 Å². The van der Waals surface area contributed by atoms with Gasteiger partial charge in [-0.2, -0.15) is 4.31 Å². The number of hydrogen-bond acceptors (Lipinski definition) is 5. The zero-order valence-corrected chi connectivity index (χ0v) is 17.6. The Hall–Kier alpha value is -1.48. The molecule has 0 unspecified atom stereocenters. The molecule has 1 amide bonds. The van der Waals surface area contributed by atoms with Gasteiger partial charge in [-0.1, -0.05) is 26.7 Å². The zero-order valence-electron chi connectivity index (χ0n) is 16.8. The first-order chi connectivity index (χ1) is 13.4. The Balaban J connectivity index is 1.44. The van der Waals surface area contributed by atoms with Crippen molar-refractivity contribution in [1.82, 2.24) is 24.0 Å². The first kappa shape index (κ1) is 19.8. The number of nitrogens with zero attached hydrogens (tertiary/aromatic N) is 5. The molecule has 0 bridgehead atoms. The number of rotatable bonds is 6. The van der Waals surface area contributed by atoms with Crippen LogP contribution in [-0.4, -0.2) is 63.2 Å². The van der Waals surface area contributed by atoms with Gasteiger partial charge in [0.25, 0.3) is 0 Å². The SMILES string of the molecule is CC(C)Cn1cnnc1[C@@H]1CCCN1S(=O)(=O)C1CN(C(=O)C2CCCC2)C1. The molecule has 2 aliphatic heterocycles. The van der Waals surface area contributed by atoms with Crippen LogP contribution < -0.4 is 0 Å². The van der Waals surface area contributed by atoms with Gasteiger partial charge in [-0.3, -0.25) is 4.79 Å². The summed E-state index contributed by atoms with van der Waals surface area (Å²) in [5.41, 5.74) is 0. The second-order valence-corrected chi connectivity index (χ2v) is 11.1. The van der Waals surface area contributed by atoms with Crippen LogP contribution in [0.15, 0.2) is 6.33 Å². The van der Waals surface area contributed by atoms with Crippen molar-refractivity contribution in [2.75, 3.05) is 19.6 Å². The van der Waals surface area contributed by atoms with Crippen LogP contribution in [-0.2, 0) is 21.4 Å². The van der Waals surface area contributed by atoms with E-state index < -0.39 is 15.3 Å². The first-order valence-electron chi connectivity index (χ1n) is 10.5. The highest BCUT2D eigenvalue weighted by molar-refractivity contribution is 7.89. The van der Waals surface area contributed by atoms with Crippen LogP contribution in [0.4, 0.5) is 0 Å². The third-order valence-electron chi connectivity index (χ3n) is 6.32. The van der Waals surface area contributed by atoms with Crippen molar-refractivity contribution >= 4 is 15.9 Å². The van der Waals surface area contributed by atoms with Crippen molar-refractivity contribution in [3.63, 3.8) is 0 Å². The Morgan fingerprint density at radius 2 is 1.89 bits per heavy atom. The lowest BCUT2D eigenvalue weighted by Gasteiger charge is -2.42. The Kier molecular flexibility index (Phi) is 5.48. The molecule has 0 spiro atoms. The predicted molar refractivity (Wildman–Crippen MR) is 105 cm³/mol. The summed E-state index contributed by atoms with van der Waals surface area (Å²) in [5.74, 6) is 1.44. The van der Waals surface area contributed by atoms with E-state index in [-0.39, 0.29) is 17.9 Å². The summed E-state index contributed by atoms with van der Waals surface area (Å²) >= 11 is 0. The summed E-state index contributed by atoms with van der Waals surface area (Å²) < 4.78 is 30.2. The van der Waals surface area contributed by atoms with E-state index >= 15 is 0 Å². The number of carbonyl (C=O) groups is 1. The van der Waals surface area contributed by atoms with Crippen LogP contribution in [0.5, 0.6) is 0 Å². The summed E-state index contributed by atoms with van der Waals surface area (Å²) in [5, 5.41) is 7.80. The van der Waals surface area contributed by atoms with Crippen molar-refractivity contribution in [1.29, 1.82) is 0 Å². The monoisotopic (exact) mass is 409 g/mol. The van der Waals surface area contributed by atoms with E-state index in [9.17, 15) is 13.2 Å². The van der Waals surface area contributed by atoms with Crippen molar-refractivity contribution in [2.24, 2.45) is 11.8 Å². The van der Waals surface area contributed by atoms with Crippen LogP contribution in [0.1, 0.15) is 64.2 Å². The molecule has 3 fully saturated rings. The van der Waals surface area contributed by atoms with Crippen molar-refractivity contribution in [3.8, 4) is 0 Å². The molecule has 1 aliphatic carbocycles. The molecular formula is C19H31N5O3S. The molecule has 2 saturated heterocycles. The first-order valence-corrected chi connectivity index (χ1v) is 12.1. The Morgan fingerprint density at radius 3 is 2.57 bits per heavy atom.